The zero-order valence-electron chi connectivity index (χ0n) is 33.1. The summed E-state index contributed by atoms with van der Waals surface area (Å²) in [7, 11) is 0. The Kier molecular flexibility index (Phi) is 8.39. The third kappa shape index (κ3) is 6.18. The Morgan fingerprint density at radius 2 is 0.918 bits per heavy atom. The normalized spacial score (nSPS) is 11.6. The van der Waals surface area contributed by atoms with Crippen LogP contribution in [-0.2, 0) is 0 Å². The van der Waals surface area contributed by atoms with Gasteiger partial charge in [-0.3, -0.25) is 0 Å². The molecule has 0 atom stereocenters. The fourth-order valence-corrected chi connectivity index (χ4v) is 10.2. The van der Waals surface area contributed by atoms with E-state index in [0.717, 1.165) is 50.0 Å². The number of benzene rings is 10. The van der Waals surface area contributed by atoms with Gasteiger partial charge in [0.2, 0.25) is 0 Å². The minimum Gasteiger partial charge on any atom is -0.455 e. The Bertz CT molecular complexity index is 3580. The van der Waals surface area contributed by atoms with Gasteiger partial charge in [0.15, 0.2) is 0 Å². The molecule has 10 aromatic carbocycles. The lowest BCUT2D eigenvalue weighted by molar-refractivity contribution is 0.670. The molecule has 0 aliphatic heterocycles. The highest BCUT2D eigenvalue weighted by Gasteiger charge is 2.19. The van der Waals surface area contributed by atoms with Gasteiger partial charge in [-0.2, -0.15) is 0 Å². The summed E-state index contributed by atoms with van der Waals surface area (Å²) in [5, 5.41) is 7.21. The molecule has 0 N–H and O–H groups in total. The van der Waals surface area contributed by atoms with Crippen LogP contribution in [0.15, 0.2) is 229 Å². The summed E-state index contributed by atoms with van der Waals surface area (Å²) in [5.41, 5.74) is 14.5. The topological polar surface area (TPSA) is 16.4 Å². The fraction of sp³-hybridized carbons (Fsp3) is 0. The van der Waals surface area contributed by atoms with Gasteiger partial charge in [-0.15, -0.1) is 11.3 Å². The molecular formula is C58H37NOS. The molecule has 0 unspecified atom stereocenters. The SMILES string of the molecule is c1ccc(-c2ccc(N(c3ccc4cc(-c5cc(-c6ccccc6)cc(-c6cccc7c6oc6ccccc67)c5)ccc4c3)c3cccc4c3sc3ccccc34)cc2)cc1. The Morgan fingerprint density at radius 3 is 1.74 bits per heavy atom. The molecule has 0 radical (unpaired) electrons. The highest BCUT2D eigenvalue weighted by atomic mass is 32.1. The van der Waals surface area contributed by atoms with Crippen molar-refractivity contribution in [3.05, 3.63) is 224 Å². The molecule has 2 nitrogen and oxygen atoms in total. The molecular weight excluding hydrogens is 759 g/mol. The van der Waals surface area contributed by atoms with Crippen LogP contribution >= 0.6 is 11.3 Å². The van der Waals surface area contributed by atoms with Gasteiger partial charge in [-0.05, 0) is 116 Å². The van der Waals surface area contributed by atoms with E-state index >= 15 is 0 Å². The molecule has 0 saturated heterocycles. The molecule has 2 heterocycles. The lowest BCUT2D eigenvalue weighted by Gasteiger charge is -2.26. The molecule has 0 aliphatic rings. The first-order chi connectivity index (χ1) is 30.2. The predicted octanol–water partition coefficient (Wildman–Crippen LogP) is 17.2. The van der Waals surface area contributed by atoms with Crippen molar-refractivity contribution >= 4 is 81.3 Å². The number of hydrogen-bond donors (Lipinski definition) is 0. The van der Waals surface area contributed by atoms with Crippen LogP contribution in [0, 0.1) is 0 Å². The summed E-state index contributed by atoms with van der Waals surface area (Å²) in [6.45, 7) is 0. The largest absolute Gasteiger partial charge is 0.455 e. The summed E-state index contributed by atoms with van der Waals surface area (Å²) >= 11 is 1.86. The number of furan rings is 1. The van der Waals surface area contributed by atoms with Crippen molar-refractivity contribution in [2.75, 3.05) is 4.90 Å². The van der Waals surface area contributed by atoms with Crippen LogP contribution in [0.1, 0.15) is 0 Å². The summed E-state index contributed by atoms with van der Waals surface area (Å²) in [6, 6.07) is 81.2. The molecule has 286 valence electrons. The Morgan fingerprint density at radius 1 is 0.344 bits per heavy atom. The average Bonchev–Trinajstić information content (AvgIpc) is 3.91. The molecule has 0 aliphatic carbocycles. The van der Waals surface area contributed by atoms with Crippen LogP contribution in [0.2, 0.25) is 0 Å². The number of hydrogen-bond acceptors (Lipinski definition) is 3. The Labute approximate surface area is 357 Å². The van der Waals surface area contributed by atoms with E-state index in [0.29, 0.717) is 0 Å². The van der Waals surface area contributed by atoms with Crippen LogP contribution in [0.5, 0.6) is 0 Å². The molecule has 3 heteroatoms. The summed E-state index contributed by atoms with van der Waals surface area (Å²) in [5.74, 6) is 0. The molecule has 0 bridgehead atoms. The van der Waals surface area contributed by atoms with E-state index < -0.39 is 0 Å². The standard InChI is InChI=1S/C58H37NOS/c1-3-13-38(14-4-1)40-27-30-47(31-28-40)59(54-22-12-21-53-51-18-8-10-24-56(51)61-58(53)54)48-32-29-41-33-42(25-26-43(41)37-48)45-34-44(39-15-5-2-6-16-39)35-46(36-45)49-19-11-20-52-50-17-7-9-23-55(50)60-57(49)52/h1-37H. The van der Waals surface area contributed by atoms with Crippen LogP contribution < -0.4 is 4.90 Å². The molecule has 0 saturated carbocycles. The maximum Gasteiger partial charge on any atom is 0.143 e. The van der Waals surface area contributed by atoms with Crippen molar-refractivity contribution in [2.45, 2.75) is 0 Å². The van der Waals surface area contributed by atoms with Gasteiger partial charge in [0.05, 0.1) is 10.4 Å². The van der Waals surface area contributed by atoms with Crippen molar-refractivity contribution in [1.82, 2.24) is 0 Å². The average molecular weight is 796 g/mol. The number of para-hydroxylation sites is 2. The molecule has 0 fully saturated rings. The second kappa shape index (κ2) is 14.5. The van der Waals surface area contributed by atoms with Gasteiger partial charge in [0.25, 0.3) is 0 Å². The summed E-state index contributed by atoms with van der Waals surface area (Å²) in [4.78, 5) is 2.42. The lowest BCUT2D eigenvalue weighted by atomic mass is 9.92. The van der Waals surface area contributed by atoms with Gasteiger partial charge in [-0.1, -0.05) is 158 Å². The molecule has 61 heavy (non-hydrogen) atoms. The highest BCUT2D eigenvalue weighted by molar-refractivity contribution is 7.26. The zero-order valence-corrected chi connectivity index (χ0v) is 33.9. The maximum atomic E-state index is 6.54. The van der Waals surface area contributed by atoms with Gasteiger partial charge in [0, 0.05) is 43.2 Å². The van der Waals surface area contributed by atoms with Crippen molar-refractivity contribution < 1.29 is 4.42 Å². The van der Waals surface area contributed by atoms with Crippen LogP contribution in [-0.4, -0.2) is 0 Å². The van der Waals surface area contributed by atoms with E-state index in [1.165, 1.54) is 64.4 Å². The van der Waals surface area contributed by atoms with E-state index in [4.69, 9.17) is 4.42 Å². The fourth-order valence-electron chi connectivity index (χ4n) is 9.04. The quantitative estimate of drug-likeness (QED) is 0.160. The van der Waals surface area contributed by atoms with E-state index in [1.807, 2.05) is 17.4 Å². The maximum absolute atomic E-state index is 6.54. The molecule has 0 spiro atoms. The third-order valence-electron chi connectivity index (χ3n) is 12.0. The molecule has 2 aromatic heterocycles. The van der Waals surface area contributed by atoms with Crippen molar-refractivity contribution in [1.29, 1.82) is 0 Å². The smallest absolute Gasteiger partial charge is 0.143 e. The number of anilines is 3. The Balaban J connectivity index is 0.988. The van der Waals surface area contributed by atoms with Crippen molar-refractivity contribution in [3.63, 3.8) is 0 Å². The molecule has 12 aromatic rings. The van der Waals surface area contributed by atoms with Crippen LogP contribution in [0.3, 0.4) is 0 Å². The van der Waals surface area contributed by atoms with E-state index in [1.54, 1.807) is 0 Å². The van der Waals surface area contributed by atoms with Crippen LogP contribution in [0.4, 0.5) is 17.1 Å². The van der Waals surface area contributed by atoms with Crippen molar-refractivity contribution in [3.8, 4) is 44.5 Å². The monoisotopic (exact) mass is 795 g/mol. The summed E-state index contributed by atoms with van der Waals surface area (Å²) in [6.07, 6.45) is 0. The number of thiophene rings is 1. The third-order valence-corrected chi connectivity index (χ3v) is 13.2. The zero-order chi connectivity index (χ0) is 40.3. The highest BCUT2D eigenvalue weighted by Crippen LogP contribution is 2.46. The van der Waals surface area contributed by atoms with Gasteiger partial charge in [-0.25, -0.2) is 0 Å². The number of nitrogens with zero attached hydrogens (tertiary/aromatic N) is 1. The van der Waals surface area contributed by atoms with E-state index in [-0.39, 0.29) is 0 Å². The van der Waals surface area contributed by atoms with Gasteiger partial charge >= 0.3 is 0 Å². The number of fused-ring (bicyclic) bond motifs is 7. The van der Waals surface area contributed by atoms with Crippen molar-refractivity contribution in [2.24, 2.45) is 0 Å². The van der Waals surface area contributed by atoms with Crippen LogP contribution in [0.25, 0.3) is 97.4 Å². The summed E-state index contributed by atoms with van der Waals surface area (Å²) < 4.78 is 9.11. The second-order valence-electron chi connectivity index (χ2n) is 15.7. The molecule has 12 rings (SSSR count). The minimum absolute atomic E-state index is 0.904. The van der Waals surface area contributed by atoms with E-state index in [2.05, 4.69) is 223 Å². The van der Waals surface area contributed by atoms with E-state index in [9.17, 15) is 0 Å². The second-order valence-corrected chi connectivity index (χ2v) is 16.7. The molecule has 0 amide bonds. The first-order valence-electron chi connectivity index (χ1n) is 20.7. The minimum atomic E-state index is 0.904. The number of rotatable bonds is 7. The predicted molar refractivity (Wildman–Crippen MR) is 261 cm³/mol. The van der Waals surface area contributed by atoms with Gasteiger partial charge < -0.3 is 9.32 Å². The van der Waals surface area contributed by atoms with Gasteiger partial charge in [0.1, 0.15) is 11.2 Å². The lowest BCUT2D eigenvalue weighted by Crippen LogP contribution is -2.10. The first kappa shape index (κ1) is 35.2. The first-order valence-corrected chi connectivity index (χ1v) is 21.5. The Hall–Kier alpha value is -7.72.